The SMILES string of the molecule is O=C1/C(=C/c2cn(-c3ccccc3)nc2-c2cccnc2)N=C2CCCCCN12. The Kier molecular flexibility index (Phi) is 4.52. The van der Waals surface area contributed by atoms with Gasteiger partial charge in [-0.15, -0.1) is 0 Å². The highest BCUT2D eigenvalue weighted by Gasteiger charge is 2.31. The van der Waals surface area contributed by atoms with Crippen LogP contribution < -0.4 is 0 Å². The van der Waals surface area contributed by atoms with Gasteiger partial charge in [0.25, 0.3) is 5.91 Å². The van der Waals surface area contributed by atoms with Gasteiger partial charge in [-0.25, -0.2) is 9.67 Å². The Morgan fingerprint density at radius 2 is 1.90 bits per heavy atom. The number of carbonyl (C=O) groups is 1. The van der Waals surface area contributed by atoms with Crippen molar-refractivity contribution in [2.24, 2.45) is 4.99 Å². The molecule has 0 spiro atoms. The number of aliphatic imine (C=N–C) groups is 1. The summed E-state index contributed by atoms with van der Waals surface area (Å²) in [5.41, 5.74) is 3.98. The van der Waals surface area contributed by atoms with Gasteiger partial charge >= 0.3 is 0 Å². The molecular weight excluding hydrogens is 362 g/mol. The maximum absolute atomic E-state index is 12.9. The Morgan fingerprint density at radius 3 is 2.72 bits per heavy atom. The first-order chi connectivity index (χ1) is 14.3. The van der Waals surface area contributed by atoms with Crippen molar-refractivity contribution in [2.45, 2.75) is 25.7 Å². The molecule has 6 nitrogen and oxygen atoms in total. The van der Waals surface area contributed by atoms with Gasteiger partial charge in [-0.05, 0) is 43.2 Å². The zero-order chi connectivity index (χ0) is 19.6. The van der Waals surface area contributed by atoms with E-state index < -0.39 is 0 Å². The van der Waals surface area contributed by atoms with Gasteiger partial charge in [-0.2, -0.15) is 5.10 Å². The number of carbonyl (C=O) groups excluding carboxylic acids is 1. The van der Waals surface area contributed by atoms with Crippen molar-refractivity contribution in [3.8, 4) is 16.9 Å². The van der Waals surface area contributed by atoms with Crippen LogP contribution in [-0.2, 0) is 4.79 Å². The minimum atomic E-state index is -0.00787. The summed E-state index contributed by atoms with van der Waals surface area (Å²) in [5, 5.41) is 4.78. The molecule has 4 heterocycles. The maximum atomic E-state index is 12.9. The van der Waals surface area contributed by atoms with Gasteiger partial charge in [0.2, 0.25) is 0 Å². The van der Waals surface area contributed by atoms with Crippen molar-refractivity contribution in [1.82, 2.24) is 19.7 Å². The molecule has 0 radical (unpaired) electrons. The Hall–Kier alpha value is -3.54. The first-order valence-electron chi connectivity index (χ1n) is 9.96. The Morgan fingerprint density at radius 1 is 1.00 bits per heavy atom. The number of para-hydroxylation sites is 1. The molecule has 1 aromatic carbocycles. The van der Waals surface area contributed by atoms with Gasteiger partial charge in [0, 0.05) is 42.7 Å². The Bertz CT molecular complexity index is 1100. The molecular formula is C23H21N5O. The van der Waals surface area contributed by atoms with Crippen LogP contribution in [0, 0.1) is 0 Å². The third-order valence-corrected chi connectivity index (χ3v) is 5.30. The topological polar surface area (TPSA) is 63.4 Å². The van der Waals surface area contributed by atoms with Crippen LogP contribution in [0.25, 0.3) is 23.0 Å². The number of aromatic nitrogens is 3. The van der Waals surface area contributed by atoms with Crippen LogP contribution in [0.5, 0.6) is 0 Å². The number of hydrogen-bond acceptors (Lipinski definition) is 4. The molecule has 144 valence electrons. The van der Waals surface area contributed by atoms with Gasteiger partial charge in [0.05, 0.1) is 5.69 Å². The normalized spacial score (nSPS) is 17.9. The molecule has 0 N–H and O–H groups in total. The van der Waals surface area contributed by atoms with E-state index in [1.54, 1.807) is 12.4 Å². The first kappa shape index (κ1) is 17.6. The van der Waals surface area contributed by atoms with Crippen molar-refractivity contribution in [2.75, 3.05) is 6.54 Å². The predicted molar refractivity (Wildman–Crippen MR) is 112 cm³/mol. The summed E-state index contributed by atoms with van der Waals surface area (Å²) in [6.45, 7) is 0.758. The molecule has 2 aromatic heterocycles. The Labute approximate surface area is 169 Å². The van der Waals surface area contributed by atoms with Crippen molar-refractivity contribution < 1.29 is 4.79 Å². The molecule has 2 aliphatic heterocycles. The van der Waals surface area contributed by atoms with E-state index in [2.05, 4.69) is 9.98 Å². The number of pyridine rings is 1. The van der Waals surface area contributed by atoms with Crippen LogP contribution in [-0.4, -0.2) is 38.0 Å². The number of nitrogens with zero attached hydrogens (tertiary/aromatic N) is 5. The zero-order valence-electron chi connectivity index (χ0n) is 16.0. The van der Waals surface area contributed by atoms with E-state index in [4.69, 9.17) is 5.10 Å². The van der Waals surface area contributed by atoms with E-state index >= 15 is 0 Å². The number of amides is 1. The van der Waals surface area contributed by atoms with Crippen molar-refractivity contribution in [1.29, 1.82) is 0 Å². The van der Waals surface area contributed by atoms with Crippen LogP contribution in [0.1, 0.15) is 31.2 Å². The molecule has 0 saturated carbocycles. The van der Waals surface area contributed by atoms with E-state index in [1.807, 2.05) is 64.3 Å². The molecule has 2 aliphatic rings. The second-order valence-corrected chi connectivity index (χ2v) is 7.28. The lowest BCUT2D eigenvalue weighted by molar-refractivity contribution is -0.122. The number of rotatable bonds is 3. The fourth-order valence-electron chi connectivity index (χ4n) is 3.83. The fourth-order valence-corrected chi connectivity index (χ4v) is 3.83. The largest absolute Gasteiger partial charge is 0.295 e. The van der Waals surface area contributed by atoms with Gasteiger partial charge < -0.3 is 0 Å². The summed E-state index contributed by atoms with van der Waals surface area (Å²) in [6, 6.07) is 13.8. The van der Waals surface area contributed by atoms with E-state index in [1.165, 1.54) is 0 Å². The second kappa shape index (κ2) is 7.47. The highest BCUT2D eigenvalue weighted by Crippen LogP contribution is 2.28. The molecule has 1 fully saturated rings. The lowest BCUT2D eigenvalue weighted by atomic mass is 10.1. The van der Waals surface area contributed by atoms with Crippen LogP contribution in [0.15, 0.2) is 71.7 Å². The monoisotopic (exact) mass is 383 g/mol. The van der Waals surface area contributed by atoms with E-state index in [-0.39, 0.29) is 5.91 Å². The minimum absolute atomic E-state index is 0.00787. The summed E-state index contributed by atoms with van der Waals surface area (Å²) in [5.74, 6) is 0.892. The number of amidine groups is 1. The first-order valence-corrected chi connectivity index (χ1v) is 9.96. The van der Waals surface area contributed by atoms with Gasteiger partial charge in [-0.3, -0.25) is 14.7 Å². The number of hydrogen-bond donors (Lipinski definition) is 0. The highest BCUT2D eigenvalue weighted by molar-refractivity contribution is 6.14. The maximum Gasteiger partial charge on any atom is 0.277 e. The van der Waals surface area contributed by atoms with Gasteiger partial charge in [-0.1, -0.05) is 24.6 Å². The van der Waals surface area contributed by atoms with Gasteiger partial charge in [0.1, 0.15) is 17.2 Å². The average molecular weight is 383 g/mol. The summed E-state index contributed by atoms with van der Waals surface area (Å²) >= 11 is 0. The molecule has 0 bridgehead atoms. The van der Waals surface area contributed by atoms with Crippen LogP contribution in [0.3, 0.4) is 0 Å². The molecule has 0 unspecified atom stereocenters. The summed E-state index contributed by atoms with van der Waals surface area (Å²) < 4.78 is 1.83. The van der Waals surface area contributed by atoms with E-state index in [9.17, 15) is 4.79 Å². The lowest BCUT2D eigenvalue weighted by Gasteiger charge is -2.13. The second-order valence-electron chi connectivity index (χ2n) is 7.28. The van der Waals surface area contributed by atoms with E-state index in [0.29, 0.717) is 5.70 Å². The summed E-state index contributed by atoms with van der Waals surface area (Å²) in [7, 11) is 0. The third-order valence-electron chi connectivity index (χ3n) is 5.30. The number of fused-ring (bicyclic) bond motifs is 1. The van der Waals surface area contributed by atoms with Gasteiger partial charge in [0.15, 0.2) is 0 Å². The van der Waals surface area contributed by atoms with Crippen molar-refractivity contribution in [3.63, 3.8) is 0 Å². The third kappa shape index (κ3) is 3.38. The smallest absolute Gasteiger partial charge is 0.277 e. The molecule has 0 aliphatic carbocycles. The van der Waals surface area contributed by atoms with Crippen molar-refractivity contribution in [3.05, 3.63) is 72.3 Å². The van der Waals surface area contributed by atoms with E-state index in [0.717, 1.165) is 60.6 Å². The molecule has 29 heavy (non-hydrogen) atoms. The minimum Gasteiger partial charge on any atom is -0.295 e. The number of benzene rings is 1. The van der Waals surface area contributed by atoms with Crippen LogP contribution in [0.4, 0.5) is 0 Å². The summed E-state index contributed by atoms with van der Waals surface area (Å²) in [4.78, 5) is 23.7. The molecule has 3 aromatic rings. The fraction of sp³-hybridized carbons (Fsp3) is 0.217. The van der Waals surface area contributed by atoms with Crippen molar-refractivity contribution >= 4 is 17.8 Å². The molecule has 5 rings (SSSR count). The predicted octanol–water partition coefficient (Wildman–Crippen LogP) is 4.09. The standard InChI is InChI=1S/C23H21N5O/c29-23-20(25-21-11-5-2-6-13-27(21)23)14-18-16-28(19-9-3-1-4-10-19)26-22(18)17-8-7-12-24-15-17/h1,3-4,7-10,12,14-16H,2,5-6,11,13H2/b20-14-. The average Bonchev–Trinajstić information content (AvgIpc) is 3.22. The molecule has 6 heteroatoms. The molecule has 1 saturated heterocycles. The quantitative estimate of drug-likeness (QED) is 0.640. The highest BCUT2D eigenvalue weighted by atomic mass is 16.2. The molecule has 1 amide bonds. The lowest BCUT2D eigenvalue weighted by Crippen LogP contribution is -2.31. The zero-order valence-corrected chi connectivity index (χ0v) is 16.0. The van der Waals surface area contributed by atoms with Crippen LogP contribution >= 0.6 is 0 Å². The van der Waals surface area contributed by atoms with Crippen LogP contribution in [0.2, 0.25) is 0 Å². The molecule has 0 atom stereocenters. The summed E-state index contributed by atoms with van der Waals surface area (Å²) in [6.07, 6.45) is 11.5. The Balaban J connectivity index is 1.60.